The van der Waals surface area contributed by atoms with Gasteiger partial charge in [0.2, 0.25) is 0 Å². The van der Waals surface area contributed by atoms with E-state index in [1.54, 1.807) is 6.20 Å². The number of terminal acetylenes is 1. The first-order chi connectivity index (χ1) is 5.90. The highest BCUT2D eigenvalue weighted by Crippen LogP contribution is 2.27. The average Bonchev–Trinajstić information content (AvgIpc) is 2.43. The minimum Gasteiger partial charge on any atom is -0.257 e. The molecule has 1 saturated carbocycles. The quantitative estimate of drug-likeness (QED) is 0.602. The van der Waals surface area contributed by atoms with E-state index in [2.05, 4.69) is 11.0 Å². The third kappa shape index (κ3) is 1.23. The highest BCUT2D eigenvalue weighted by molar-refractivity contribution is 5.22. The second-order valence-electron chi connectivity index (χ2n) is 3.34. The predicted molar refractivity (Wildman–Crippen MR) is 47.5 cm³/mol. The maximum Gasteiger partial charge on any atom is 0.110 e. The van der Waals surface area contributed by atoms with Gasteiger partial charge in [0, 0.05) is 6.54 Å². The molecule has 12 heavy (non-hydrogen) atoms. The Hall–Kier alpha value is -1.23. The van der Waals surface area contributed by atoms with Crippen molar-refractivity contribution in [3.63, 3.8) is 0 Å². The highest BCUT2D eigenvalue weighted by Gasteiger charge is 2.18. The first-order valence-electron chi connectivity index (χ1n) is 4.38. The first-order valence-corrected chi connectivity index (χ1v) is 4.38. The standard InChI is InChI=1S/C10H12N2/c1-2-10-6-7-11-12(10)8-9-4-3-5-9/h1,6-7,9H,3-5,8H2. The van der Waals surface area contributed by atoms with E-state index in [-0.39, 0.29) is 0 Å². The van der Waals surface area contributed by atoms with Crippen LogP contribution in [0.15, 0.2) is 12.3 Å². The molecule has 0 aromatic carbocycles. The molecule has 0 N–H and O–H groups in total. The second kappa shape index (κ2) is 3.02. The van der Waals surface area contributed by atoms with Crippen LogP contribution in [0.5, 0.6) is 0 Å². The summed E-state index contributed by atoms with van der Waals surface area (Å²) in [4.78, 5) is 0. The van der Waals surface area contributed by atoms with Gasteiger partial charge in [0.05, 0.1) is 6.20 Å². The van der Waals surface area contributed by atoms with Gasteiger partial charge in [-0.25, -0.2) is 0 Å². The Morgan fingerprint density at radius 3 is 3.08 bits per heavy atom. The lowest BCUT2D eigenvalue weighted by molar-refractivity contribution is 0.266. The molecular weight excluding hydrogens is 148 g/mol. The molecule has 0 radical (unpaired) electrons. The van der Waals surface area contributed by atoms with Gasteiger partial charge >= 0.3 is 0 Å². The zero-order valence-corrected chi connectivity index (χ0v) is 7.03. The maximum absolute atomic E-state index is 5.32. The Labute approximate surface area is 72.6 Å². The Balaban J connectivity index is 2.06. The molecule has 1 aromatic heterocycles. The third-order valence-electron chi connectivity index (χ3n) is 2.52. The van der Waals surface area contributed by atoms with Crippen LogP contribution in [0.2, 0.25) is 0 Å². The molecule has 1 fully saturated rings. The normalized spacial score (nSPS) is 16.9. The Morgan fingerprint density at radius 1 is 1.67 bits per heavy atom. The molecule has 2 heteroatoms. The van der Waals surface area contributed by atoms with Crippen molar-refractivity contribution in [1.82, 2.24) is 9.78 Å². The minimum atomic E-state index is 0.817. The summed E-state index contributed by atoms with van der Waals surface area (Å²) in [7, 11) is 0. The van der Waals surface area contributed by atoms with Crippen molar-refractivity contribution >= 4 is 0 Å². The van der Waals surface area contributed by atoms with E-state index < -0.39 is 0 Å². The molecule has 0 saturated heterocycles. The van der Waals surface area contributed by atoms with E-state index in [1.165, 1.54) is 19.3 Å². The molecule has 0 amide bonds. The molecule has 2 nitrogen and oxygen atoms in total. The number of aromatic nitrogens is 2. The molecule has 62 valence electrons. The average molecular weight is 160 g/mol. The van der Waals surface area contributed by atoms with Crippen LogP contribution in [0, 0.1) is 18.3 Å². The minimum absolute atomic E-state index is 0.817. The summed E-state index contributed by atoms with van der Waals surface area (Å²) in [6.07, 6.45) is 11.1. The molecule has 0 atom stereocenters. The van der Waals surface area contributed by atoms with Crippen molar-refractivity contribution in [2.75, 3.05) is 0 Å². The van der Waals surface area contributed by atoms with Crippen molar-refractivity contribution in [1.29, 1.82) is 0 Å². The van der Waals surface area contributed by atoms with Gasteiger partial charge in [-0.15, -0.1) is 6.42 Å². The van der Waals surface area contributed by atoms with Crippen LogP contribution in [-0.2, 0) is 6.54 Å². The SMILES string of the molecule is C#Cc1ccnn1CC1CCC1. The van der Waals surface area contributed by atoms with Gasteiger partial charge in [-0.3, -0.25) is 4.68 Å². The topological polar surface area (TPSA) is 17.8 Å². The number of hydrogen-bond acceptors (Lipinski definition) is 1. The van der Waals surface area contributed by atoms with Crippen molar-refractivity contribution in [3.05, 3.63) is 18.0 Å². The Kier molecular flexibility index (Phi) is 1.87. The monoisotopic (exact) mass is 160 g/mol. The lowest BCUT2D eigenvalue weighted by Gasteiger charge is -2.25. The van der Waals surface area contributed by atoms with Crippen molar-refractivity contribution in [3.8, 4) is 12.3 Å². The van der Waals surface area contributed by atoms with E-state index in [1.807, 2.05) is 10.7 Å². The summed E-state index contributed by atoms with van der Waals surface area (Å²) in [5.74, 6) is 3.45. The lowest BCUT2D eigenvalue weighted by Crippen LogP contribution is -2.19. The molecule has 0 bridgehead atoms. The molecule has 1 heterocycles. The van der Waals surface area contributed by atoms with Gasteiger partial charge in [-0.1, -0.05) is 12.3 Å². The molecular formula is C10H12N2. The van der Waals surface area contributed by atoms with Crippen LogP contribution in [-0.4, -0.2) is 9.78 Å². The van der Waals surface area contributed by atoms with Crippen molar-refractivity contribution in [2.45, 2.75) is 25.8 Å². The first kappa shape index (κ1) is 7.42. The molecule has 1 aliphatic carbocycles. The van der Waals surface area contributed by atoms with Crippen LogP contribution >= 0.6 is 0 Å². The molecule has 2 rings (SSSR count). The summed E-state index contributed by atoms with van der Waals surface area (Å²) >= 11 is 0. The Morgan fingerprint density at radius 2 is 2.50 bits per heavy atom. The van der Waals surface area contributed by atoms with Gasteiger partial charge in [0.25, 0.3) is 0 Å². The summed E-state index contributed by atoms with van der Waals surface area (Å²) < 4.78 is 1.93. The van der Waals surface area contributed by atoms with Crippen LogP contribution < -0.4 is 0 Å². The molecule has 0 spiro atoms. The summed E-state index contributed by atoms with van der Waals surface area (Å²) in [5.41, 5.74) is 0.905. The molecule has 0 unspecified atom stereocenters. The van der Waals surface area contributed by atoms with Crippen molar-refractivity contribution in [2.24, 2.45) is 5.92 Å². The van der Waals surface area contributed by atoms with Gasteiger partial charge in [-0.05, 0) is 24.8 Å². The number of nitrogens with zero attached hydrogens (tertiary/aromatic N) is 2. The van der Waals surface area contributed by atoms with Crippen LogP contribution in [0.25, 0.3) is 0 Å². The summed E-state index contributed by atoms with van der Waals surface area (Å²) in [6, 6.07) is 1.89. The van der Waals surface area contributed by atoms with Crippen LogP contribution in [0.4, 0.5) is 0 Å². The number of hydrogen-bond donors (Lipinski definition) is 0. The molecule has 0 aliphatic heterocycles. The number of rotatable bonds is 2. The molecule has 1 aliphatic rings. The smallest absolute Gasteiger partial charge is 0.110 e. The van der Waals surface area contributed by atoms with E-state index in [9.17, 15) is 0 Å². The fraction of sp³-hybridized carbons (Fsp3) is 0.500. The lowest BCUT2D eigenvalue weighted by atomic mass is 9.85. The van der Waals surface area contributed by atoms with Gasteiger partial charge in [-0.2, -0.15) is 5.10 Å². The second-order valence-corrected chi connectivity index (χ2v) is 3.34. The van der Waals surface area contributed by atoms with Gasteiger partial charge < -0.3 is 0 Å². The van der Waals surface area contributed by atoms with E-state index in [0.29, 0.717) is 0 Å². The highest BCUT2D eigenvalue weighted by atomic mass is 15.3. The van der Waals surface area contributed by atoms with Gasteiger partial charge in [0.15, 0.2) is 0 Å². The fourth-order valence-electron chi connectivity index (χ4n) is 1.52. The van der Waals surface area contributed by atoms with Gasteiger partial charge in [0.1, 0.15) is 5.69 Å². The van der Waals surface area contributed by atoms with E-state index in [0.717, 1.165) is 18.2 Å². The summed E-state index contributed by atoms with van der Waals surface area (Å²) in [6.45, 7) is 1.01. The van der Waals surface area contributed by atoms with Crippen molar-refractivity contribution < 1.29 is 0 Å². The summed E-state index contributed by atoms with van der Waals surface area (Å²) in [5, 5.41) is 4.18. The van der Waals surface area contributed by atoms with Crippen LogP contribution in [0.3, 0.4) is 0 Å². The zero-order valence-electron chi connectivity index (χ0n) is 7.03. The van der Waals surface area contributed by atoms with E-state index >= 15 is 0 Å². The van der Waals surface area contributed by atoms with Crippen LogP contribution in [0.1, 0.15) is 25.0 Å². The third-order valence-corrected chi connectivity index (χ3v) is 2.52. The largest absolute Gasteiger partial charge is 0.257 e. The predicted octanol–water partition coefficient (Wildman–Crippen LogP) is 1.66. The maximum atomic E-state index is 5.32. The Bertz CT molecular complexity index is 302. The fourth-order valence-corrected chi connectivity index (χ4v) is 1.52. The van der Waals surface area contributed by atoms with E-state index in [4.69, 9.17) is 6.42 Å². The zero-order chi connectivity index (χ0) is 8.39. The molecule has 1 aromatic rings.